The lowest BCUT2D eigenvalue weighted by atomic mass is 9.84. The van der Waals surface area contributed by atoms with Crippen LogP contribution in [0.5, 0.6) is 0 Å². The molecule has 0 fully saturated rings. The maximum absolute atomic E-state index is 4.76. The number of anilines is 3. The van der Waals surface area contributed by atoms with Gasteiger partial charge in [-0.1, -0.05) is 136 Å². The van der Waals surface area contributed by atoms with Crippen LogP contribution in [-0.4, -0.2) is 9.97 Å². The lowest BCUT2D eigenvalue weighted by molar-refractivity contribution is 0.968. The summed E-state index contributed by atoms with van der Waals surface area (Å²) in [6.07, 6.45) is 8.55. The van der Waals surface area contributed by atoms with Crippen LogP contribution < -0.4 is 4.90 Å². The lowest BCUT2D eigenvalue weighted by Crippen LogP contribution is -2.10. The van der Waals surface area contributed by atoms with Crippen molar-refractivity contribution in [3.05, 3.63) is 243 Å². The van der Waals surface area contributed by atoms with Crippen molar-refractivity contribution in [2.24, 2.45) is 0 Å². The smallest absolute Gasteiger partial charge is 0.0889 e. The van der Waals surface area contributed by atoms with Crippen molar-refractivity contribution in [3.8, 4) is 11.4 Å². The van der Waals surface area contributed by atoms with Gasteiger partial charge in [0.2, 0.25) is 0 Å². The van der Waals surface area contributed by atoms with Gasteiger partial charge in [-0.15, -0.1) is 0 Å². The first-order valence-corrected chi connectivity index (χ1v) is 21.2. The first kappa shape index (κ1) is 39.3. The summed E-state index contributed by atoms with van der Waals surface area (Å²) in [7, 11) is 0. The van der Waals surface area contributed by atoms with Gasteiger partial charge < -0.3 is 4.90 Å². The molecule has 3 heteroatoms. The molecule has 6 aromatic carbocycles. The Labute approximate surface area is 351 Å². The fourth-order valence-corrected chi connectivity index (χ4v) is 8.00. The largest absolute Gasteiger partial charge is 0.311 e. The van der Waals surface area contributed by atoms with E-state index in [9.17, 15) is 0 Å². The zero-order valence-corrected chi connectivity index (χ0v) is 34.8. The standard InChI is InChI=1S/C56H53N3/c1-5-41-10-22-49(23-11-41)56(48-20-8-40(4)9-21-48)50-24-12-44(13-25-50)36-46-32-34-57-54(38-46)55-39-47(33-35-58-55)37-45-18-30-53(31-19-45)59(51-26-14-42(6-2)15-27-51)52-28-16-43(7-3)17-29-52/h8-35,38-39,56H,5-7,36-37H2,1-4H3. The molecule has 292 valence electrons. The molecule has 0 aliphatic heterocycles. The van der Waals surface area contributed by atoms with Crippen LogP contribution in [0.3, 0.4) is 0 Å². The van der Waals surface area contributed by atoms with Gasteiger partial charge in [0, 0.05) is 35.4 Å². The molecule has 1 atom stereocenters. The summed E-state index contributed by atoms with van der Waals surface area (Å²) in [5, 5.41) is 0. The Balaban J connectivity index is 0.977. The summed E-state index contributed by atoms with van der Waals surface area (Å²) in [5.74, 6) is 0.181. The van der Waals surface area contributed by atoms with E-state index in [4.69, 9.17) is 9.97 Å². The summed E-state index contributed by atoms with van der Waals surface area (Å²) in [5.41, 5.74) is 19.4. The molecule has 59 heavy (non-hydrogen) atoms. The monoisotopic (exact) mass is 767 g/mol. The summed E-state index contributed by atoms with van der Waals surface area (Å²) in [6.45, 7) is 8.76. The van der Waals surface area contributed by atoms with Crippen LogP contribution in [0.1, 0.15) is 87.9 Å². The van der Waals surface area contributed by atoms with Crippen LogP contribution in [0.2, 0.25) is 0 Å². The molecule has 8 aromatic rings. The predicted octanol–water partition coefficient (Wildman–Crippen LogP) is 14.0. The second kappa shape index (κ2) is 18.3. The highest BCUT2D eigenvalue weighted by Gasteiger charge is 2.18. The molecule has 0 saturated heterocycles. The van der Waals surface area contributed by atoms with E-state index in [1.807, 2.05) is 12.4 Å². The average Bonchev–Trinajstić information content (AvgIpc) is 3.29. The Morgan fingerprint density at radius 2 is 0.695 bits per heavy atom. The van der Waals surface area contributed by atoms with Crippen molar-refractivity contribution >= 4 is 17.1 Å². The molecule has 0 N–H and O–H groups in total. The minimum atomic E-state index is 0.181. The zero-order chi connectivity index (χ0) is 40.6. The Kier molecular flexibility index (Phi) is 12.2. The second-order valence-electron chi connectivity index (χ2n) is 15.7. The highest BCUT2D eigenvalue weighted by molar-refractivity contribution is 5.76. The molecule has 0 aliphatic rings. The number of aromatic nitrogens is 2. The molecule has 2 aromatic heterocycles. The third kappa shape index (κ3) is 9.43. The quantitative estimate of drug-likeness (QED) is 0.103. The third-order valence-electron chi connectivity index (χ3n) is 11.6. The molecule has 8 rings (SSSR count). The number of aryl methyl sites for hydroxylation is 4. The van der Waals surface area contributed by atoms with Crippen molar-refractivity contribution in [2.75, 3.05) is 4.90 Å². The van der Waals surface area contributed by atoms with Gasteiger partial charge in [0.25, 0.3) is 0 Å². The van der Waals surface area contributed by atoms with Gasteiger partial charge in [-0.2, -0.15) is 0 Å². The van der Waals surface area contributed by atoms with Crippen LogP contribution in [0.25, 0.3) is 11.4 Å². The Morgan fingerprint density at radius 3 is 1.07 bits per heavy atom. The highest BCUT2D eigenvalue weighted by atomic mass is 15.1. The van der Waals surface area contributed by atoms with E-state index in [-0.39, 0.29) is 5.92 Å². The van der Waals surface area contributed by atoms with E-state index in [0.717, 1.165) is 60.6 Å². The van der Waals surface area contributed by atoms with Gasteiger partial charge in [0.1, 0.15) is 0 Å². The van der Waals surface area contributed by atoms with Gasteiger partial charge in [-0.25, -0.2) is 0 Å². The number of nitrogens with zero attached hydrogens (tertiary/aromatic N) is 3. The first-order chi connectivity index (χ1) is 29.0. The van der Waals surface area contributed by atoms with Crippen molar-refractivity contribution in [3.63, 3.8) is 0 Å². The van der Waals surface area contributed by atoms with Gasteiger partial charge in [-0.05, 0) is 155 Å². The molecular formula is C56H53N3. The van der Waals surface area contributed by atoms with Gasteiger partial charge in [0.15, 0.2) is 0 Å². The fraction of sp³-hybridized carbons (Fsp3) is 0.179. The van der Waals surface area contributed by atoms with Gasteiger partial charge in [-0.3, -0.25) is 9.97 Å². The molecule has 0 aliphatic carbocycles. The minimum Gasteiger partial charge on any atom is -0.311 e. The third-order valence-corrected chi connectivity index (χ3v) is 11.6. The van der Waals surface area contributed by atoms with E-state index in [1.165, 1.54) is 61.2 Å². The highest BCUT2D eigenvalue weighted by Crippen LogP contribution is 2.36. The van der Waals surface area contributed by atoms with Gasteiger partial charge >= 0.3 is 0 Å². The number of hydrogen-bond acceptors (Lipinski definition) is 3. The predicted molar refractivity (Wildman–Crippen MR) is 247 cm³/mol. The van der Waals surface area contributed by atoms with Crippen LogP contribution in [-0.2, 0) is 32.1 Å². The molecule has 0 amide bonds. The Bertz CT molecular complexity index is 2520. The Morgan fingerprint density at radius 1 is 0.373 bits per heavy atom. The van der Waals surface area contributed by atoms with E-state index in [0.29, 0.717) is 0 Å². The van der Waals surface area contributed by atoms with Crippen molar-refractivity contribution < 1.29 is 0 Å². The lowest BCUT2D eigenvalue weighted by Gasteiger charge is -2.26. The maximum Gasteiger partial charge on any atom is 0.0889 e. The van der Waals surface area contributed by atoms with Crippen LogP contribution in [0, 0.1) is 6.92 Å². The molecule has 2 heterocycles. The molecule has 3 nitrogen and oxygen atoms in total. The summed E-state index contributed by atoms with van der Waals surface area (Å²) in [4.78, 5) is 11.9. The number of rotatable bonds is 14. The first-order valence-electron chi connectivity index (χ1n) is 21.2. The van der Waals surface area contributed by atoms with Crippen molar-refractivity contribution in [1.29, 1.82) is 0 Å². The zero-order valence-electron chi connectivity index (χ0n) is 34.8. The summed E-state index contributed by atoms with van der Waals surface area (Å²) < 4.78 is 0. The van der Waals surface area contributed by atoms with Gasteiger partial charge in [0.05, 0.1) is 11.4 Å². The maximum atomic E-state index is 4.76. The van der Waals surface area contributed by atoms with Crippen molar-refractivity contribution in [2.45, 2.75) is 65.7 Å². The summed E-state index contributed by atoms with van der Waals surface area (Å²) >= 11 is 0. The molecule has 0 spiro atoms. The number of pyridine rings is 2. The molecule has 1 unspecified atom stereocenters. The topological polar surface area (TPSA) is 29.0 Å². The number of benzene rings is 6. The minimum absolute atomic E-state index is 0.181. The second-order valence-corrected chi connectivity index (χ2v) is 15.7. The SMILES string of the molecule is CCc1ccc(C(c2ccc(C)cc2)c2ccc(Cc3ccnc(-c4cc(Cc5ccc(N(c6ccc(CC)cc6)c6ccc(CC)cc6)cc5)ccn4)c3)cc2)cc1. The van der Waals surface area contributed by atoms with Crippen LogP contribution in [0.15, 0.2) is 182 Å². The van der Waals surface area contributed by atoms with E-state index >= 15 is 0 Å². The molecule has 0 bridgehead atoms. The normalized spacial score (nSPS) is 11.7. The van der Waals surface area contributed by atoms with E-state index in [2.05, 4.69) is 202 Å². The van der Waals surface area contributed by atoms with E-state index in [1.54, 1.807) is 0 Å². The van der Waals surface area contributed by atoms with Crippen LogP contribution >= 0.6 is 0 Å². The van der Waals surface area contributed by atoms with E-state index < -0.39 is 0 Å². The molecule has 0 radical (unpaired) electrons. The summed E-state index contributed by atoms with van der Waals surface area (Å²) in [6, 6.07) is 62.7. The molecular weight excluding hydrogens is 715 g/mol. The average molecular weight is 768 g/mol. The number of hydrogen-bond donors (Lipinski definition) is 0. The van der Waals surface area contributed by atoms with Crippen molar-refractivity contribution in [1.82, 2.24) is 9.97 Å². The fourth-order valence-electron chi connectivity index (χ4n) is 8.00. The molecule has 0 saturated carbocycles. The van der Waals surface area contributed by atoms with Crippen LogP contribution in [0.4, 0.5) is 17.1 Å². The Hall–Kier alpha value is -6.58.